The standard InChI is InChI=1S/C20H22O4/c1-20(22,17-10-12-18(23-2)13-11-17)14-4-5-15-6-8-16(9-7-15)19(21)24-3/h4-13,22H,14H2,1-3H3/b5-4+/t20-/m0/s1. The van der Waals surface area contributed by atoms with Crippen molar-refractivity contribution in [1.29, 1.82) is 0 Å². The van der Waals surface area contributed by atoms with Crippen molar-refractivity contribution in [3.63, 3.8) is 0 Å². The summed E-state index contributed by atoms with van der Waals surface area (Å²) in [5.74, 6) is 0.406. The normalized spacial score (nSPS) is 13.5. The van der Waals surface area contributed by atoms with Gasteiger partial charge in [-0.3, -0.25) is 0 Å². The molecule has 0 aromatic heterocycles. The first-order chi connectivity index (χ1) is 11.5. The number of hydrogen-bond donors (Lipinski definition) is 1. The molecular formula is C20H22O4. The van der Waals surface area contributed by atoms with Crippen LogP contribution in [-0.4, -0.2) is 25.3 Å². The average Bonchev–Trinajstić information content (AvgIpc) is 2.61. The Morgan fingerprint density at radius 1 is 1.08 bits per heavy atom. The maximum atomic E-state index is 11.4. The van der Waals surface area contributed by atoms with Crippen LogP contribution in [0.3, 0.4) is 0 Å². The number of esters is 1. The number of ether oxygens (including phenoxy) is 2. The SMILES string of the molecule is COC(=O)c1ccc(/C=C/C[C@](C)(O)c2ccc(OC)cc2)cc1. The third-order valence-electron chi connectivity index (χ3n) is 3.87. The van der Waals surface area contributed by atoms with Gasteiger partial charge < -0.3 is 14.6 Å². The monoisotopic (exact) mass is 326 g/mol. The maximum Gasteiger partial charge on any atom is 0.337 e. The Morgan fingerprint density at radius 2 is 1.71 bits per heavy atom. The molecule has 1 N–H and O–H groups in total. The van der Waals surface area contributed by atoms with E-state index in [4.69, 9.17) is 4.74 Å². The summed E-state index contributed by atoms with van der Waals surface area (Å²) in [5, 5.41) is 10.6. The van der Waals surface area contributed by atoms with Crippen LogP contribution in [0.25, 0.3) is 6.08 Å². The number of rotatable bonds is 6. The predicted molar refractivity (Wildman–Crippen MR) is 94.0 cm³/mol. The fraction of sp³-hybridized carbons (Fsp3) is 0.250. The van der Waals surface area contributed by atoms with Gasteiger partial charge in [0.2, 0.25) is 0 Å². The zero-order valence-electron chi connectivity index (χ0n) is 14.2. The molecule has 0 amide bonds. The van der Waals surface area contributed by atoms with Crippen LogP contribution < -0.4 is 4.74 Å². The second-order valence-corrected chi connectivity index (χ2v) is 5.72. The molecule has 2 aromatic rings. The molecule has 0 spiro atoms. The highest BCUT2D eigenvalue weighted by Gasteiger charge is 2.21. The summed E-state index contributed by atoms with van der Waals surface area (Å²) < 4.78 is 9.80. The lowest BCUT2D eigenvalue weighted by Crippen LogP contribution is -2.19. The molecule has 1 atom stereocenters. The quantitative estimate of drug-likeness (QED) is 0.821. The molecule has 4 heteroatoms. The molecule has 0 saturated carbocycles. The summed E-state index contributed by atoms with van der Waals surface area (Å²) in [6.07, 6.45) is 4.30. The van der Waals surface area contributed by atoms with E-state index in [1.54, 1.807) is 26.2 Å². The van der Waals surface area contributed by atoms with E-state index < -0.39 is 5.60 Å². The van der Waals surface area contributed by atoms with Gasteiger partial charge in [0.15, 0.2) is 0 Å². The van der Waals surface area contributed by atoms with E-state index in [0.717, 1.165) is 16.9 Å². The average molecular weight is 326 g/mol. The molecule has 126 valence electrons. The lowest BCUT2D eigenvalue weighted by molar-refractivity contribution is 0.0597. The zero-order chi connectivity index (χ0) is 17.6. The van der Waals surface area contributed by atoms with E-state index in [9.17, 15) is 9.90 Å². The summed E-state index contributed by atoms with van der Waals surface area (Å²) in [4.78, 5) is 11.4. The maximum absolute atomic E-state index is 11.4. The smallest absolute Gasteiger partial charge is 0.337 e. The van der Waals surface area contributed by atoms with E-state index in [-0.39, 0.29) is 5.97 Å². The van der Waals surface area contributed by atoms with Crippen LogP contribution in [0.15, 0.2) is 54.6 Å². The Balaban J connectivity index is 2.02. The van der Waals surface area contributed by atoms with Gasteiger partial charge in [0, 0.05) is 0 Å². The number of carbonyl (C=O) groups is 1. The highest BCUT2D eigenvalue weighted by Crippen LogP contribution is 2.27. The van der Waals surface area contributed by atoms with E-state index >= 15 is 0 Å². The molecule has 0 aliphatic heterocycles. The van der Waals surface area contributed by atoms with Crippen LogP contribution in [0.1, 0.15) is 34.8 Å². The van der Waals surface area contributed by atoms with Gasteiger partial charge in [-0.2, -0.15) is 0 Å². The van der Waals surface area contributed by atoms with Crippen LogP contribution in [-0.2, 0) is 10.3 Å². The Bertz CT molecular complexity index is 697. The van der Waals surface area contributed by atoms with Gasteiger partial charge in [-0.05, 0) is 48.7 Å². The van der Waals surface area contributed by atoms with E-state index in [1.165, 1.54) is 7.11 Å². The second kappa shape index (κ2) is 7.79. The van der Waals surface area contributed by atoms with Crippen LogP contribution in [0.4, 0.5) is 0 Å². The van der Waals surface area contributed by atoms with Crippen molar-refractivity contribution in [2.24, 2.45) is 0 Å². The molecule has 0 aliphatic rings. The Kier molecular flexibility index (Phi) is 5.77. The molecule has 0 heterocycles. The number of hydrogen-bond acceptors (Lipinski definition) is 4. The predicted octanol–water partition coefficient (Wildman–Crippen LogP) is 3.79. The fourth-order valence-electron chi connectivity index (χ4n) is 2.34. The fourth-order valence-corrected chi connectivity index (χ4v) is 2.34. The van der Waals surface area contributed by atoms with Crippen molar-refractivity contribution >= 4 is 12.0 Å². The van der Waals surface area contributed by atoms with Crippen molar-refractivity contribution in [3.8, 4) is 5.75 Å². The van der Waals surface area contributed by atoms with Gasteiger partial charge in [0.25, 0.3) is 0 Å². The first-order valence-electron chi connectivity index (χ1n) is 7.68. The van der Waals surface area contributed by atoms with Gasteiger partial charge in [0.1, 0.15) is 5.75 Å². The third kappa shape index (κ3) is 4.46. The summed E-state index contributed by atoms with van der Waals surface area (Å²) in [7, 11) is 2.97. The molecule has 0 unspecified atom stereocenters. The molecule has 2 aromatic carbocycles. The van der Waals surface area contributed by atoms with Crippen LogP contribution in [0, 0.1) is 0 Å². The van der Waals surface area contributed by atoms with Crippen molar-refractivity contribution in [1.82, 2.24) is 0 Å². The minimum Gasteiger partial charge on any atom is -0.497 e. The summed E-state index contributed by atoms with van der Waals surface area (Å²) >= 11 is 0. The molecule has 0 fully saturated rings. The van der Waals surface area contributed by atoms with Gasteiger partial charge in [-0.15, -0.1) is 0 Å². The molecular weight excluding hydrogens is 304 g/mol. The molecule has 2 rings (SSSR count). The van der Waals surface area contributed by atoms with Crippen molar-refractivity contribution in [2.75, 3.05) is 14.2 Å². The molecule has 0 saturated heterocycles. The number of methoxy groups -OCH3 is 2. The van der Waals surface area contributed by atoms with Gasteiger partial charge in [-0.25, -0.2) is 4.79 Å². The topological polar surface area (TPSA) is 55.8 Å². The number of aliphatic hydroxyl groups is 1. The van der Waals surface area contributed by atoms with Gasteiger partial charge >= 0.3 is 5.97 Å². The molecule has 0 radical (unpaired) electrons. The molecule has 24 heavy (non-hydrogen) atoms. The van der Waals surface area contributed by atoms with E-state index in [2.05, 4.69) is 4.74 Å². The van der Waals surface area contributed by atoms with Gasteiger partial charge in [0.05, 0.1) is 25.4 Å². The highest BCUT2D eigenvalue weighted by atomic mass is 16.5. The lowest BCUT2D eigenvalue weighted by atomic mass is 9.92. The summed E-state index contributed by atoms with van der Waals surface area (Å²) in [6, 6.07) is 14.5. The lowest BCUT2D eigenvalue weighted by Gasteiger charge is -2.22. The molecule has 0 aliphatic carbocycles. The second-order valence-electron chi connectivity index (χ2n) is 5.72. The largest absolute Gasteiger partial charge is 0.497 e. The van der Waals surface area contributed by atoms with Gasteiger partial charge in [-0.1, -0.05) is 36.4 Å². The molecule has 0 bridgehead atoms. The number of carbonyl (C=O) groups excluding carboxylic acids is 1. The van der Waals surface area contributed by atoms with Crippen LogP contribution >= 0.6 is 0 Å². The van der Waals surface area contributed by atoms with Crippen molar-refractivity contribution < 1.29 is 19.4 Å². The third-order valence-corrected chi connectivity index (χ3v) is 3.87. The van der Waals surface area contributed by atoms with Crippen molar-refractivity contribution in [3.05, 3.63) is 71.3 Å². The summed E-state index contributed by atoms with van der Waals surface area (Å²) in [6.45, 7) is 1.78. The zero-order valence-corrected chi connectivity index (χ0v) is 14.2. The first kappa shape index (κ1) is 17.8. The first-order valence-corrected chi connectivity index (χ1v) is 7.68. The number of benzene rings is 2. The minimum absolute atomic E-state index is 0.354. The van der Waals surface area contributed by atoms with Crippen LogP contribution in [0.5, 0.6) is 5.75 Å². The van der Waals surface area contributed by atoms with Crippen molar-refractivity contribution in [2.45, 2.75) is 18.9 Å². The Morgan fingerprint density at radius 3 is 2.25 bits per heavy atom. The van der Waals surface area contributed by atoms with Crippen LogP contribution in [0.2, 0.25) is 0 Å². The minimum atomic E-state index is -0.964. The van der Waals surface area contributed by atoms with E-state index in [0.29, 0.717) is 12.0 Å². The summed E-state index contributed by atoms with van der Waals surface area (Å²) in [5.41, 5.74) is 1.33. The van der Waals surface area contributed by atoms with E-state index in [1.807, 2.05) is 48.6 Å². The Hall–Kier alpha value is -2.59. The Labute approximate surface area is 142 Å². The highest BCUT2D eigenvalue weighted by molar-refractivity contribution is 5.89. The molecule has 4 nitrogen and oxygen atoms in total.